The molecule has 1 saturated carbocycles. The summed E-state index contributed by atoms with van der Waals surface area (Å²) in [6, 6.07) is 5.86. The first kappa shape index (κ1) is 10.3. The molecule has 0 radical (unpaired) electrons. The number of nitrogen functional groups attached to an aromatic ring is 1. The van der Waals surface area contributed by atoms with Crippen molar-refractivity contribution in [3.8, 4) is 5.75 Å². The predicted octanol–water partition coefficient (Wildman–Crippen LogP) is 2.00. The van der Waals surface area contributed by atoms with E-state index in [9.17, 15) is 0 Å². The number of nitrogens with two attached hydrogens (primary N) is 2. The summed E-state index contributed by atoms with van der Waals surface area (Å²) in [4.78, 5) is 0. The van der Waals surface area contributed by atoms with Gasteiger partial charge in [0.05, 0.1) is 11.8 Å². The maximum absolute atomic E-state index is 6.09. The summed E-state index contributed by atoms with van der Waals surface area (Å²) in [7, 11) is 0. The van der Waals surface area contributed by atoms with E-state index in [0.717, 1.165) is 24.2 Å². The van der Waals surface area contributed by atoms with Gasteiger partial charge in [0.1, 0.15) is 5.75 Å². The summed E-state index contributed by atoms with van der Waals surface area (Å²) >= 11 is 0. The fraction of sp³-hybridized carbons (Fsp3) is 0.500. The third-order valence-electron chi connectivity index (χ3n) is 2.74. The number of ether oxygens (including phenoxy) is 1. The minimum Gasteiger partial charge on any atom is -0.489 e. The summed E-state index contributed by atoms with van der Waals surface area (Å²) in [6.07, 6.45) is 2.25. The number of anilines is 1. The molecule has 15 heavy (non-hydrogen) atoms. The highest BCUT2D eigenvalue weighted by molar-refractivity contribution is 5.56. The molecule has 4 N–H and O–H groups in total. The zero-order chi connectivity index (χ0) is 11.1. The molecular formula is C12H18N2O. The molecule has 1 fully saturated rings. The second-order valence-corrected chi connectivity index (χ2v) is 4.58. The van der Waals surface area contributed by atoms with E-state index in [1.54, 1.807) is 0 Å². The Bertz CT molecular complexity index is 370. The van der Waals surface area contributed by atoms with Crippen LogP contribution in [0.1, 0.15) is 32.3 Å². The van der Waals surface area contributed by atoms with Crippen molar-refractivity contribution in [2.45, 2.75) is 38.3 Å². The van der Waals surface area contributed by atoms with Gasteiger partial charge >= 0.3 is 0 Å². The fourth-order valence-corrected chi connectivity index (χ4v) is 1.64. The summed E-state index contributed by atoms with van der Waals surface area (Å²) in [5.41, 5.74) is 13.7. The van der Waals surface area contributed by atoms with Crippen LogP contribution in [0.25, 0.3) is 0 Å². The van der Waals surface area contributed by atoms with Gasteiger partial charge in [0.2, 0.25) is 0 Å². The maximum atomic E-state index is 6.09. The van der Waals surface area contributed by atoms with Crippen LogP contribution >= 0.6 is 0 Å². The minimum atomic E-state index is -0.121. The highest BCUT2D eigenvalue weighted by Gasteiger charge is 2.40. The van der Waals surface area contributed by atoms with Crippen LogP contribution in [0.2, 0.25) is 0 Å². The fourth-order valence-electron chi connectivity index (χ4n) is 1.64. The molecule has 0 bridgehead atoms. The highest BCUT2D eigenvalue weighted by Crippen LogP contribution is 2.44. The lowest BCUT2D eigenvalue weighted by Gasteiger charge is -2.15. The first-order valence-corrected chi connectivity index (χ1v) is 5.37. The Morgan fingerprint density at radius 3 is 2.47 bits per heavy atom. The summed E-state index contributed by atoms with van der Waals surface area (Å²) in [6.45, 7) is 3.97. The van der Waals surface area contributed by atoms with Crippen molar-refractivity contribution in [1.29, 1.82) is 0 Å². The topological polar surface area (TPSA) is 61.3 Å². The van der Waals surface area contributed by atoms with Crippen LogP contribution in [0, 0.1) is 0 Å². The Morgan fingerprint density at radius 2 is 2.00 bits per heavy atom. The van der Waals surface area contributed by atoms with E-state index in [4.69, 9.17) is 16.2 Å². The van der Waals surface area contributed by atoms with Crippen molar-refractivity contribution in [3.63, 3.8) is 0 Å². The molecule has 1 aliphatic rings. The average Bonchev–Trinajstić information content (AvgIpc) is 2.88. The van der Waals surface area contributed by atoms with Crippen LogP contribution in [0.4, 0.5) is 5.69 Å². The van der Waals surface area contributed by atoms with Gasteiger partial charge in [0, 0.05) is 5.54 Å². The van der Waals surface area contributed by atoms with Gasteiger partial charge in [-0.05, 0) is 44.4 Å². The van der Waals surface area contributed by atoms with E-state index in [1.165, 1.54) is 0 Å². The van der Waals surface area contributed by atoms with Crippen LogP contribution in [0.15, 0.2) is 18.2 Å². The maximum Gasteiger partial charge on any atom is 0.142 e. The van der Waals surface area contributed by atoms with Crippen molar-refractivity contribution >= 4 is 5.69 Å². The van der Waals surface area contributed by atoms with Gasteiger partial charge in [-0.25, -0.2) is 0 Å². The number of hydrogen-bond donors (Lipinski definition) is 2. The van der Waals surface area contributed by atoms with Gasteiger partial charge in [-0.15, -0.1) is 0 Å². The predicted molar refractivity (Wildman–Crippen MR) is 61.7 cm³/mol. The van der Waals surface area contributed by atoms with E-state index in [1.807, 2.05) is 32.0 Å². The second kappa shape index (κ2) is 3.42. The zero-order valence-corrected chi connectivity index (χ0v) is 9.29. The normalized spacial score (nSPS) is 17.9. The third kappa shape index (κ3) is 2.07. The van der Waals surface area contributed by atoms with Crippen molar-refractivity contribution < 1.29 is 4.74 Å². The Kier molecular flexibility index (Phi) is 2.35. The second-order valence-electron chi connectivity index (χ2n) is 4.58. The van der Waals surface area contributed by atoms with Crippen molar-refractivity contribution in [2.75, 3.05) is 5.73 Å². The van der Waals surface area contributed by atoms with Crippen LogP contribution in [0.3, 0.4) is 0 Å². The standard InChI is InChI=1S/C12H18N2O/c1-8(2)15-11-4-3-9(7-10(11)13)12(14)5-6-12/h3-4,7-8H,5-6,13-14H2,1-2H3. The minimum absolute atomic E-state index is 0.121. The van der Waals surface area contributed by atoms with Gasteiger partial charge < -0.3 is 16.2 Å². The molecule has 1 aromatic carbocycles. The molecular weight excluding hydrogens is 188 g/mol. The molecule has 3 nitrogen and oxygen atoms in total. The monoisotopic (exact) mass is 206 g/mol. The summed E-state index contributed by atoms with van der Waals surface area (Å²) in [5, 5.41) is 0. The average molecular weight is 206 g/mol. The zero-order valence-electron chi connectivity index (χ0n) is 9.29. The molecule has 0 unspecified atom stereocenters. The van der Waals surface area contributed by atoms with E-state index < -0.39 is 0 Å². The molecule has 0 spiro atoms. The quantitative estimate of drug-likeness (QED) is 0.744. The molecule has 82 valence electrons. The highest BCUT2D eigenvalue weighted by atomic mass is 16.5. The SMILES string of the molecule is CC(C)Oc1ccc(C2(N)CC2)cc1N. The molecule has 1 aromatic rings. The van der Waals surface area contributed by atoms with Gasteiger partial charge in [-0.3, -0.25) is 0 Å². The Morgan fingerprint density at radius 1 is 1.33 bits per heavy atom. The lowest BCUT2D eigenvalue weighted by atomic mass is 10.0. The first-order chi connectivity index (χ1) is 7.01. The summed E-state index contributed by atoms with van der Waals surface area (Å²) < 4.78 is 5.57. The van der Waals surface area contributed by atoms with E-state index in [-0.39, 0.29) is 11.6 Å². The van der Waals surface area contributed by atoms with E-state index in [0.29, 0.717) is 5.69 Å². The van der Waals surface area contributed by atoms with Crippen molar-refractivity contribution in [3.05, 3.63) is 23.8 Å². The van der Waals surface area contributed by atoms with Crippen molar-refractivity contribution in [2.24, 2.45) is 5.73 Å². The van der Waals surface area contributed by atoms with Crippen LogP contribution < -0.4 is 16.2 Å². The number of benzene rings is 1. The lowest BCUT2D eigenvalue weighted by Crippen LogP contribution is -2.19. The molecule has 0 aliphatic heterocycles. The van der Waals surface area contributed by atoms with Gasteiger partial charge in [-0.2, -0.15) is 0 Å². The molecule has 0 heterocycles. The molecule has 0 aromatic heterocycles. The van der Waals surface area contributed by atoms with Crippen LogP contribution in [-0.2, 0) is 5.54 Å². The summed E-state index contributed by atoms with van der Waals surface area (Å²) in [5.74, 6) is 0.748. The number of rotatable bonds is 3. The molecule has 0 atom stereocenters. The molecule has 3 heteroatoms. The van der Waals surface area contributed by atoms with E-state index >= 15 is 0 Å². The molecule has 2 rings (SSSR count). The Hall–Kier alpha value is -1.22. The molecule has 0 amide bonds. The van der Waals surface area contributed by atoms with Gasteiger partial charge in [-0.1, -0.05) is 6.07 Å². The third-order valence-corrected chi connectivity index (χ3v) is 2.74. The largest absolute Gasteiger partial charge is 0.489 e. The lowest BCUT2D eigenvalue weighted by molar-refractivity contribution is 0.244. The van der Waals surface area contributed by atoms with Gasteiger partial charge in [0.15, 0.2) is 0 Å². The Labute approximate surface area is 90.4 Å². The van der Waals surface area contributed by atoms with E-state index in [2.05, 4.69) is 0 Å². The Balaban J connectivity index is 2.23. The molecule has 1 aliphatic carbocycles. The van der Waals surface area contributed by atoms with Crippen LogP contribution in [0.5, 0.6) is 5.75 Å². The smallest absolute Gasteiger partial charge is 0.142 e. The van der Waals surface area contributed by atoms with Crippen LogP contribution in [-0.4, -0.2) is 6.10 Å². The van der Waals surface area contributed by atoms with Gasteiger partial charge in [0.25, 0.3) is 0 Å². The van der Waals surface area contributed by atoms with Crippen molar-refractivity contribution in [1.82, 2.24) is 0 Å². The molecule has 0 saturated heterocycles. The number of hydrogen-bond acceptors (Lipinski definition) is 3. The first-order valence-electron chi connectivity index (χ1n) is 5.37.